The summed E-state index contributed by atoms with van der Waals surface area (Å²) >= 11 is 0. The van der Waals surface area contributed by atoms with Crippen molar-refractivity contribution >= 4 is 20.4 Å². The summed E-state index contributed by atoms with van der Waals surface area (Å²) in [5.74, 6) is -0.322. The minimum absolute atomic E-state index is 0.322. The summed E-state index contributed by atoms with van der Waals surface area (Å²) in [6.07, 6.45) is 3.31. The van der Waals surface area contributed by atoms with Crippen LogP contribution in [0.3, 0.4) is 0 Å². The lowest BCUT2D eigenvalue weighted by atomic mass is 10.1. The van der Waals surface area contributed by atoms with Crippen LogP contribution in [0.5, 0.6) is 0 Å². The predicted octanol–water partition coefficient (Wildman–Crippen LogP) is 7.04. The molecule has 4 heteroatoms. The Morgan fingerprint density at radius 2 is 1.57 bits per heavy atom. The molecule has 0 saturated carbocycles. The fourth-order valence-electron chi connectivity index (χ4n) is 4.15. The van der Waals surface area contributed by atoms with Crippen LogP contribution in [-0.4, -0.2) is 19.9 Å². The minimum Gasteiger partial charge on any atom is -0.457 e. The van der Waals surface area contributed by atoms with Crippen LogP contribution in [0.1, 0.15) is 79.0 Å². The molecule has 0 aliphatic carbocycles. The standard InChI is InChI=1S/C24H40O3Si/c1-17(2)28(18(3)4,19(5)6)26-16-22-15-21(12-11-20(22)7)13-14-23(25)27-24(8,9)10/h11-15,17-19H,16H2,1-10H3/b14-13+. The van der Waals surface area contributed by atoms with Crippen LogP contribution in [0.15, 0.2) is 24.3 Å². The van der Waals surface area contributed by atoms with E-state index in [9.17, 15) is 4.79 Å². The Hall–Kier alpha value is -1.39. The third-order valence-electron chi connectivity index (χ3n) is 5.38. The molecule has 0 spiro atoms. The second kappa shape index (κ2) is 9.88. The zero-order chi connectivity index (χ0) is 21.7. The third-order valence-corrected chi connectivity index (χ3v) is 11.4. The number of benzene rings is 1. The minimum atomic E-state index is -1.91. The van der Waals surface area contributed by atoms with E-state index in [1.807, 2.05) is 32.9 Å². The Morgan fingerprint density at radius 3 is 2.04 bits per heavy atom. The highest BCUT2D eigenvalue weighted by Crippen LogP contribution is 2.42. The number of carbonyl (C=O) groups excluding carboxylic acids is 1. The molecule has 1 aromatic rings. The van der Waals surface area contributed by atoms with Gasteiger partial charge in [-0.25, -0.2) is 4.79 Å². The lowest BCUT2D eigenvalue weighted by molar-refractivity contribution is -0.148. The Kier molecular flexibility index (Phi) is 8.70. The summed E-state index contributed by atoms with van der Waals surface area (Å²) in [5.41, 5.74) is 4.58. The molecule has 3 nitrogen and oxygen atoms in total. The van der Waals surface area contributed by atoms with Gasteiger partial charge in [-0.3, -0.25) is 0 Å². The molecule has 0 bridgehead atoms. The van der Waals surface area contributed by atoms with Gasteiger partial charge in [0.2, 0.25) is 8.32 Å². The van der Waals surface area contributed by atoms with Crippen LogP contribution in [0, 0.1) is 6.92 Å². The monoisotopic (exact) mass is 404 g/mol. The van der Waals surface area contributed by atoms with Crippen molar-refractivity contribution in [1.29, 1.82) is 0 Å². The number of esters is 1. The molecule has 158 valence electrons. The van der Waals surface area contributed by atoms with Gasteiger partial charge in [0.05, 0.1) is 6.61 Å². The molecule has 0 fully saturated rings. The SMILES string of the molecule is Cc1ccc(/C=C/C(=O)OC(C)(C)C)cc1CO[Si](C(C)C)(C(C)C)C(C)C. The summed E-state index contributed by atoms with van der Waals surface area (Å²) in [4.78, 5) is 11.9. The van der Waals surface area contributed by atoms with E-state index in [-0.39, 0.29) is 5.97 Å². The van der Waals surface area contributed by atoms with E-state index in [4.69, 9.17) is 9.16 Å². The van der Waals surface area contributed by atoms with Gasteiger partial charge in [-0.05, 0) is 73.2 Å². The molecule has 0 N–H and O–H groups in total. The van der Waals surface area contributed by atoms with Crippen molar-refractivity contribution in [1.82, 2.24) is 0 Å². The lowest BCUT2D eigenvalue weighted by Gasteiger charge is -2.42. The molecule has 0 aliphatic rings. The largest absolute Gasteiger partial charge is 0.457 e. The number of aryl methyl sites for hydroxylation is 1. The molecule has 0 radical (unpaired) electrons. The van der Waals surface area contributed by atoms with Gasteiger partial charge in [0, 0.05) is 6.08 Å². The van der Waals surface area contributed by atoms with E-state index in [0.717, 1.165) is 5.56 Å². The Balaban J connectivity index is 3.01. The smallest absolute Gasteiger partial charge is 0.331 e. The Labute approximate surface area is 173 Å². The third kappa shape index (κ3) is 6.59. The summed E-state index contributed by atoms with van der Waals surface area (Å²) in [6.45, 7) is 22.2. The summed E-state index contributed by atoms with van der Waals surface area (Å²) in [7, 11) is -1.91. The summed E-state index contributed by atoms with van der Waals surface area (Å²) in [5, 5.41) is 0. The highest BCUT2D eigenvalue weighted by molar-refractivity contribution is 6.77. The van der Waals surface area contributed by atoms with Crippen LogP contribution in [0.4, 0.5) is 0 Å². The maximum absolute atomic E-state index is 11.9. The van der Waals surface area contributed by atoms with Crippen molar-refractivity contribution < 1.29 is 14.0 Å². The average molecular weight is 405 g/mol. The van der Waals surface area contributed by atoms with Crippen molar-refractivity contribution in [2.75, 3.05) is 0 Å². The first kappa shape index (κ1) is 24.6. The molecule has 0 amide bonds. The second-order valence-electron chi connectivity index (χ2n) is 9.66. The molecule has 0 atom stereocenters. The van der Waals surface area contributed by atoms with Crippen molar-refractivity contribution in [2.24, 2.45) is 0 Å². The van der Waals surface area contributed by atoms with Gasteiger partial charge in [-0.1, -0.05) is 53.7 Å². The van der Waals surface area contributed by atoms with Crippen LogP contribution < -0.4 is 0 Å². The molecule has 0 aliphatic heterocycles. The number of hydrogen-bond donors (Lipinski definition) is 0. The number of ether oxygens (including phenoxy) is 1. The molecular formula is C24H40O3Si. The van der Waals surface area contributed by atoms with E-state index < -0.39 is 13.9 Å². The van der Waals surface area contributed by atoms with Crippen molar-refractivity contribution in [2.45, 2.75) is 98.1 Å². The molecule has 1 aromatic carbocycles. The molecule has 0 saturated heterocycles. The van der Waals surface area contributed by atoms with Gasteiger partial charge < -0.3 is 9.16 Å². The highest BCUT2D eigenvalue weighted by atomic mass is 28.4. The molecule has 0 aromatic heterocycles. The normalized spacial score (nSPS) is 13.2. The van der Waals surface area contributed by atoms with E-state index in [2.05, 4.69) is 60.6 Å². The topological polar surface area (TPSA) is 35.5 Å². The van der Waals surface area contributed by atoms with Crippen LogP contribution in [0.25, 0.3) is 6.08 Å². The van der Waals surface area contributed by atoms with Gasteiger partial charge in [0.1, 0.15) is 5.60 Å². The number of hydrogen-bond acceptors (Lipinski definition) is 3. The number of carbonyl (C=O) groups is 1. The van der Waals surface area contributed by atoms with Crippen molar-refractivity contribution in [3.05, 3.63) is 41.0 Å². The molecule has 0 heterocycles. The van der Waals surface area contributed by atoms with Crippen molar-refractivity contribution in [3.63, 3.8) is 0 Å². The summed E-state index contributed by atoms with van der Waals surface area (Å²) in [6, 6.07) is 6.24. The van der Waals surface area contributed by atoms with Crippen LogP contribution in [0.2, 0.25) is 16.6 Å². The van der Waals surface area contributed by atoms with Gasteiger partial charge in [0.15, 0.2) is 0 Å². The van der Waals surface area contributed by atoms with Gasteiger partial charge in [-0.15, -0.1) is 0 Å². The predicted molar refractivity (Wildman–Crippen MR) is 122 cm³/mol. The summed E-state index contributed by atoms with van der Waals surface area (Å²) < 4.78 is 12.1. The van der Waals surface area contributed by atoms with E-state index in [1.165, 1.54) is 17.2 Å². The first-order chi connectivity index (χ1) is 12.8. The second-order valence-corrected chi connectivity index (χ2v) is 15.1. The zero-order valence-corrected chi connectivity index (χ0v) is 20.6. The van der Waals surface area contributed by atoms with Gasteiger partial charge in [-0.2, -0.15) is 0 Å². The molecule has 0 unspecified atom stereocenters. The maximum atomic E-state index is 11.9. The molecule has 28 heavy (non-hydrogen) atoms. The number of rotatable bonds is 8. The van der Waals surface area contributed by atoms with Crippen LogP contribution >= 0.6 is 0 Å². The van der Waals surface area contributed by atoms with Gasteiger partial charge >= 0.3 is 5.97 Å². The van der Waals surface area contributed by atoms with Gasteiger partial charge in [0.25, 0.3) is 0 Å². The highest BCUT2D eigenvalue weighted by Gasteiger charge is 2.45. The Morgan fingerprint density at radius 1 is 1.04 bits per heavy atom. The van der Waals surface area contributed by atoms with E-state index >= 15 is 0 Å². The molecular weight excluding hydrogens is 364 g/mol. The quantitative estimate of drug-likeness (QED) is 0.265. The average Bonchev–Trinajstić information content (AvgIpc) is 2.53. The molecule has 1 rings (SSSR count). The van der Waals surface area contributed by atoms with E-state index in [0.29, 0.717) is 23.2 Å². The maximum Gasteiger partial charge on any atom is 0.331 e. The lowest BCUT2D eigenvalue weighted by Crippen LogP contribution is -2.47. The van der Waals surface area contributed by atoms with E-state index in [1.54, 1.807) is 0 Å². The van der Waals surface area contributed by atoms with Crippen LogP contribution in [-0.2, 0) is 20.6 Å². The fourth-order valence-corrected chi connectivity index (χ4v) is 9.56. The van der Waals surface area contributed by atoms with Crippen molar-refractivity contribution in [3.8, 4) is 0 Å². The fraction of sp³-hybridized carbons (Fsp3) is 0.625. The first-order valence-corrected chi connectivity index (χ1v) is 12.6. The Bertz CT molecular complexity index is 660. The first-order valence-electron chi connectivity index (χ1n) is 10.4. The zero-order valence-electron chi connectivity index (χ0n) is 19.6.